The maximum atomic E-state index is 10.7. The third-order valence-electron chi connectivity index (χ3n) is 8.21. The van der Waals surface area contributed by atoms with Gasteiger partial charge in [0.05, 0.1) is 28.8 Å². The van der Waals surface area contributed by atoms with Gasteiger partial charge in [-0.15, -0.1) is 0 Å². The standard InChI is InChI=1S/C39H19N3O2/c40-20-23-9-12-28(27(15-23)21-41)26-18-31(24-10-13-38-33(16-24)29-5-1-3-7-36(29)43-38)35(22-42)32(19-26)25-11-14-39-34(17-25)30-6-2-4-8-37(30)44-39/h1-19H. The quantitative estimate of drug-likeness (QED) is 0.214. The molecule has 2 heterocycles. The number of nitriles is 3. The first kappa shape index (κ1) is 25.1. The van der Waals surface area contributed by atoms with Crippen LogP contribution in [0.3, 0.4) is 0 Å². The van der Waals surface area contributed by atoms with Gasteiger partial charge in [0.25, 0.3) is 0 Å². The number of hydrogen-bond donors (Lipinski definition) is 0. The topological polar surface area (TPSA) is 97.7 Å². The molecule has 8 aromatic rings. The monoisotopic (exact) mass is 561 g/mol. The highest BCUT2D eigenvalue weighted by atomic mass is 16.3. The second kappa shape index (κ2) is 9.74. The Kier molecular flexibility index (Phi) is 5.56. The third-order valence-corrected chi connectivity index (χ3v) is 8.21. The van der Waals surface area contributed by atoms with Crippen LogP contribution in [0.4, 0.5) is 0 Å². The number of fused-ring (bicyclic) bond motifs is 6. The Morgan fingerprint density at radius 2 is 0.955 bits per heavy atom. The van der Waals surface area contributed by atoms with Gasteiger partial charge < -0.3 is 8.83 Å². The van der Waals surface area contributed by atoms with Crippen molar-refractivity contribution in [3.8, 4) is 51.6 Å². The van der Waals surface area contributed by atoms with Gasteiger partial charge in [-0.25, -0.2) is 0 Å². The van der Waals surface area contributed by atoms with Gasteiger partial charge in [-0.2, -0.15) is 15.8 Å². The fourth-order valence-electron chi connectivity index (χ4n) is 6.12. The van der Waals surface area contributed by atoms with Crippen LogP contribution in [0.25, 0.3) is 77.3 Å². The summed E-state index contributed by atoms with van der Waals surface area (Å²) < 4.78 is 12.1. The molecule has 0 amide bonds. The number of rotatable bonds is 3. The van der Waals surface area contributed by atoms with E-state index in [1.54, 1.807) is 18.2 Å². The summed E-state index contributed by atoms with van der Waals surface area (Å²) in [7, 11) is 0. The Bertz CT molecular complexity index is 2470. The summed E-state index contributed by atoms with van der Waals surface area (Å²) in [5.41, 5.74) is 9.06. The Labute approximate surface area is 251 Å². The summed E-state index contributed by atoms with van der Waals surface area (Å²) >= 11 is 0. The Hall–Kier alpha value is -6.61. The molecule has 44 heavy (non-hydrogen) atoms. The fraction of sp³-hybridized carbons (Fsp3) is 0. The molecule has 0 atom stereocenters. The normalized spacial score (nSPS) is 11.1. The molecular formula is C39H19N3O2. The lowest BCUT2D eigenvalue weighted by atomic mass is 9.86. The largest absolute Gasteiger partial charge is 0.456 e. The van der Waals surface area contributed by atoms with E-state index in [4.69, 9.17) is 8.83 Å². The molecule has 0 unspecified atom stereocenters. The van der Waals surface area contributed by atoms with Crippen molar-refractivity contribution in [2.45, 2.75) is 0 Å². The molecule has 0 aliphatic heterocycles. The maximum absolute atomic E-state index is 10.7. The van der Waals surface area contributed by atoms with E-state index in [9.17, 15) is 15.8 Å². The van der Waals surface area contributed by atoms with Gasteiger partial charge in [-0.3, -0.25) is 0 Å². The molecule has 6 aromatic carbocycles. The van der Waals surface area contributed by atoms with Crippen molar-refractivity contribution in [3.05, 3.63) is 132 Å². The van der Waals surface area contributed by atoms with Crippen molar-refractivity contribution < 1.29 is 8.83 Å². The van der Waals surface area contributed by atoms with Crippen LogP contribution in [0.2, 0.25) is 0 Å². The van der Waals surface area contributed by atoms with Gasteiger partial charge >= 0.3 is 0 Å². The van der Waals surface area contributed by atoms with Crippen LogP contribution in [0.15, 0.2) is 124 Å². The molecule has 5 heteroatoms. The van der Waals surface area contributed by atoms with Crippen LogP contribution >= 0.6 is 0 Å². The molecule has 0 aliphatic carbocycles. The molecule has 0 saturated heterocycles. The van der Waals surface area contributed by atoms with E-state index in [2.05, 4.69) is 30.3 Å². The lowest BCUT2D eigenvalue weighted by molar-refractivity contribution is 0.668. The summed E-state index contributed by atoms with van der Waals surface area (Å²) in [6.45, 7) is 0. The summed E-state index contributed by atoms with van der Waals surface area (Å²) in [6.07, 6.45) is 0. The number of para-hydroxylation sites is 2. The number of benzene rings is 6. The zero-order chi connectivity index (χ0) is 29.8. The van der Waals surface area contributed by atoms with Gasteiger partial charge in [-0.05, 0) is 82.9 Å². The minimum atomic E-state index is 0.387. The van der Waals surface area contributed by atoms with Crippen LogP contribution in [-0.2, 0) is 0 Å². The molecule has 0 bridgehead atoms. The highest BCUT2D eigenvalue weighted by Gasteiger charge is 2.19. The first-order valence-corrected chi connectivity index (χ1v) is 14.0. The van der Waals surface area contributed by atoms with Crippen molar-refractivity contribution in [1.82, 2.24) is 0 Å². The molecule has 0 saturated carbocycles. The summed E-state index contributed by atoms with van der Waals surface area (Å²) in [5.74, 6) is 0. The first-order valence-electron chi connectivity index (χ1n) is 14.0. The highest BCUT2D eigenvalue weighted by Crippen LogP contribution is 2.41. The predicted molar refractivity (Wildman–Crippen MR) is 171 cm³/mol. The van der Waals surface area contributed by atoms with E-state index in [1.807, 2.05) is 84.9 Å². The first-order chi connectivity index (χ1) is 21.6. The second-order valence-electron chi connectivity index (χ2n) is 10.7. The van der Waals surface area contributed by atoms with E-state index in [1.165, 1.54) is 0 Å². The summed E-state index contributed by atoms with van der Waals surface area (Å²) in [5, 5.41) is 34.0. The second-order valence-corrected chi connectivity index (χ2v) is 10.7. The molecule has 2 aromatic heterocycles. The van der Waals surface area contributed by atoms with Crippen molar-refractivity contribution in [3.63, 3.8) is 0 Å². The Morgan fingerprint density at radius 1 is 0.409 bits per heavy atom. The molecule has 0 spiro atoms. The highest BCUT2D eigenvalue weighted by molar-refractivity contribution is 6.08. The van der Waals surface area contributed by atoms with E-state index in [-0.39, 0.29) is 0 Å². The molecule has 0 radical (unpaired) electrons. The molecular weight excluding hydrogens is 542 g/mol. The summed E-state index contributed by atoms with van der Waals surface area (Å²) in [6, 6.07) is 43.6. The van der Waals surface area contributed by atoms with Crippen LogP contribution in [0, 0.1) is 34.0 Å². The van der Waals surface area contributed by atoms with Crippen molar-refractivity contribution in [2.75, 3.05) is 0 Å². The van der Waals surface area contributed by atoms with E-state index >= 15 is 0 Å². The van der Waals surface area contributed by atoms with Gasteiger partial charge in [0.15, 0.2) is 0 Å². The molecule has 8 rings (SSSR count). The Balaban J connectivity index is 1.43. The third kappa shape index (κ3) is 3.84. The maximum Gasteiger partial charge on any atom is 0.135 e. The van der Waals surface area contributed by atoms with Crippen LogP contribution < -0.4 is 0 Å². The van der Waals surface area contributed by atoms with E-state index in [0.717, 1.165) is 71.7 Å². The zero-order valence-electron chi connectivity index (χ0n) is 23.1. The number of nitrogens with zero attached hydrogens (tertiary/aromatic N) is 3. The van der Waals surface area contributed by atoms with Crippen LogP contribution in [0.5, 0.6) is 0 Å². The van der Waals surface area contributed by atoms with Gasteiger partial charge in [0, 0.05) is 32.7 Å². The average molecular weight is 562 g/mol. The average Bonchev–Trinajstić information content (AvgIpc) is 3.65. The molecule has 0 fully saturated rings. The minimum Gasteiger partial charge on any atom is -0.456 e. The smallest absolute Gasteiger partial charge is 0.135 e. The van der Waals surface area contributed by atoms with Crippen LogP contribution in [-0.4, -0.2) is 0 Å². The molecule has 5 nitrogen and oxygen atoms in total. The fourth-order valence-corrected chi connectivity index (χ4v) is 6.12. The molecule has 0 N–H and O–H groups in total. The molecule has 202 valence electrons. The van der Waals surface area contributed by atoms with Crippen molar-refractivity contribution in [1.29, 1.82) is 15.8 Å². The predicted octanol–water partition coefficient (Wildman–Crippen LogP) is 10.1. The minimum absolute atomic E-state index is 0.387. The van der Waals surface area contributed by atoms with Gasteiger partial charge in [0.2, 0.25) is 0 Å². The van der Waals surface area contributed by atoms with E-state index < -0.39 is 0 Å². The lowest BCUT2D eigenvalue weighted by Crippen LogP contribution is -1.94. The Morgan fingerprint density at radius 3 is 1.48 bits per heavy atom. The van der Waals surface area contributed by atoms with E-state index in [0.29, 0.717) is 22.3 Å². The van der Waals surface area contributed by atoms with Gasteiger partial charge in [-0.1, -0.05) is 54.6 Å². The lowest BCUT2D eigenvalue weighted by Gasteiger charge is -2.15. The number of furan rings is 2. The van der Waals surface area contributed by atoms with Crippen LogP contribution in [0.1, 0.15) is 16.7 Å². The summed E-state index contributed by atoms with van der Waals surface area (Å²) in [4.78, 5) is 0. The SMILES string of the molecule is N#Cc1ccc(-c2cc(-c3ccc4oc5ccccc5c4c3)c(C#N)c(-c3ccc4oc5ccccc5c4c3)c2)c(C#N)c1. The number of hydrogen-bond acceptors (Lipinski definition) is 5. The molecule has 0 aliphatic rings. The van der Waals surface area contributed by atoms with Gasteiger partial charge in [0.1, 0.15) is 28.4 Å². The van der Waals surface area contributed by atoms with Crippen molar-refractivity contribution in [2.24, 2.45) is 0 Å². The zero-order valence-corrected chi connectivity index (χ0v) is 23.1. The van der Waals surface area contributed by atoms with Crippen molar-refractivity contribution >= 4 is 43.9 Å².